The Hall–Kier alpha value is -1.13. The van der Waals surface area contributed by atoms with Crippen molar-refractivity contribution < 1.29 is 25.5 Å². The maximum absolute atomic E-state index is 12.2. The number of pyridine rings is 1. The van der Waals surface area contributed by atoms with Gasteiger partial charge < -0.3 is 8.44 Å². The number of hydrogen-bond acceptors (Lipinski definition) is 4. The molecular formula is C9H12F3NO4SSi. The van der Waals surface area contributed by atoms with Gasteiger partial charge in [-0.2, -0.15) is 21.6 Å². The third-order valence-electron chi connectivity index (χ3n) is 2.07. The minimum atomic E-state index is -5.64. The molecule has 5 nitrogen and oxygen atoms in total. The molecule has 0 aromatic carbocycles. The highest BCUT2D eigenvalue weighted by molar-refractivity contribution is 7.88. The van der Waals surface area contributed by atoms with Crippen LogP contribution in [0.15, 0.2) is 29.2 Å². The van der Waals surface area contributed by atoms with Gasteiger partial charge in [0, 0.05) is 18.4 Å². The minimum absolute atomic E-state index is 0.192. The minimum Gasteiger partial charge on any atom is -0.316 e. The first kappa shape index (κ1) is 15.9. The Bertz CT molecular complexity index is 608. The average molecular weight is 315 g/mol. The van der Waals surface area contributed by atoms with E-state index in [0.717, 1.165) is 4.57 Å². The number of rotatable bonds is 4. The highest BCUT2D eigenvalue weighted by Gasteiger charge is 2.50. The fourth-order valence-electron chi connectivity index (χ4n) is 1.37. The maximum Gasteiger partial charge on any atom is 0.522 e. The molecule has 0 N–H and O–H groups in total. The van der Waals surface area contributed by atoms with Gasteiger partial charge in [-0.1, -0.05) is 6.07 Å². The fraction of sp³-hybridized carbons (Fsp3) is 0.444. The molecule has 108 valence electrons. The predicted octanol–water partition coefficient (Wildman–Crippen LogP) is 1.46. The van der Waals surface area contributed by atoms with Gasteiger partial charge in [0.1, 0.15) is 0 Å². The molecule has 0 saturated carbocycles. The van der Waals surface area contributed by atoms with Gasteiger partial charge in [-0.25, -0.2) is 0 Å². The highest BCUT2D eigenvalue weighted by atomic mass is 32.2. The lowest BCUT2D eigenvalue weighted by molar-refractivity contribution is -0.0504. The molecule has 1 aromatic rings. The molecular weight excluding hydrogens is 303 g/mol. The molecule has 1 aromatic heterocycles. The average Bonchev–Trinajstić information content (AvgIpc) is 2.17. The summed E-state index contributed by atoms with van der Waals surface area (Å²) >= 11 is 0. The zero-order valence-corrected chi connectivity index (χ0v) is 12.0. The third-order valence-corrected chi connectivity index (χ3v) is 6.42. The van der Waals surface area contributed by atoms with Crippen molar-refractivity contribution >= 4 is 18.4 Å². The molecule has 0 atom stereocenters. The molecule has 0 bridgehead atoms. The normalized spacial score (nSPS) is 13.5. The van der Waals surface area contributed by atoms with Crippen LogP contribution in [0.2, 0.25) is 13.1 Å². The van der Waals surface area contributed by atoms with E-state index in [0.29, 0.717) is 0 Å². The first-order valence-electron chi connectivity index (χ1n) is 5.12. The highest BCUT2D eigenvalue weighted by Crippen LogP contribution is 2.27. The molecule has 0 amide bonds. The lowest BCUT2D eigenvalue weighted by Crippen LogP contribution is -2.44. The molecule has 19 heavy (non-hydrogen) atoms. The lowest BCUT2D eigenvalue weighted by Gasteiger charge is -2.23. The molecule has 0 aliphatic carbocycles. The van der Waals surface area contributed by atoms with Crippen LogP contribution < -0.4 is 5.56 Å². The van der Waals surface area contributed by atoms with E-state index in [4.69, 9.17) is 0 Å². The van der Waals surface area contributed by atoms with Crippen molar-refractivity contribution in [3.63, 3.8) is 0 Å². The third kappa shape index (κ3) is 4.18. The van der Waals surface area contributed by atoms with Gasteiger partial charge in [0.2, 0.25) is 13.9 Å². The first-order chi connectivity index (χ1) is 8.45. The Kier molecular flexibility index (Phi) is 4.27. The number of aromatic nitrogens is 1. The largest absolute Gasteiger partial charge is 0.522 e. The molecule has 1 heterocycles. The summed E-state index contributed by atoms with van der Waals surface area (Å²) in [6, 6.07) is 4.22. The van der Waals surface area contributed by atoms with Crippen molar-refractivity contribution in [2.45, 2.75) is 24.8 Å². The number of halogens is 3. The topological polar surface area (TPSA) is 65.4 Å². The van der Waals surface area contributed by atoms with E-state index in [1.807, 2.05) is 0 Å². The van der Waals surface area contributed by atoms with Crippen molar-refractivity contribution in [2.75, 3.05) is 0 Å². The maximum atomic E-state index is 12.2. The Morgan fingerprint density at radius 3 is 2.37 bits per heavy atom. The summed E-state index contributed by atoms with van der Waals surface area (Å²) < 4.78 is 64.0. The van der Waals surface area contributed by atoms with E-state index in [2.05, 4.69) is 3.87 Å². The smallest absolute Gasteiger partial charge is 0.316 e. The molecule has 0 radical (unpaired) electrons. The standard InChI is InChI=1S/C9H12F3NO4SSi/c1-19(2,17-18(15,16)9(10,11)12)7-13-6-4-3-5-8(13)14/h3-6H,7H2,1-2H3. The molecule has 0 aliphatic rings. The van der Waals surface area contributed by atoms with Gasteiger partial charge in [-0.3, -0.25) is 4.79 Å². The second-order valence-electron chi connectivity index (χ2n) is 4.41. The van der Waals surface area contributed by atoms with Crippen LogP contribution in [-0.4, -0.2) is 26.8 Å². The first-order valence-corrected chi connectivity index (χ1v) is 9.64. The van der Waals surface area contributed by atoms with E-state index >= 15 is 0 Å². The summed E-state index contributed by atoms with van der Waals surface area (Å²) in [4.78, 5) is 11.4. The van der Waals surface area contributed by atoms with Crippen molar-refractivity contribution in [1.82, 2.24) is 4.57 Å². The summed E-state index contributed by atoms with van der Waals surface area (Å²) in [5, 5.41) is 0. The monoisotopic (exact) mass is 315 g/mol. The number of nitrogens with zero attached hydrogens (tertiary/aromatic N) is 1. The summed E-state index contributed by atoms with van der Waals surface area (Å²) in [6.45, 7) is 2.57. The van der Waals surface area contributed by atoms with Crippen molar-refractivity contribution in [2.24, 2.45) is 0 Å². The lowest BCUT2D eigenvalue weighted by atomic mass is 10.5. The molecule has 0 aliphatic heterocycles. The van der Waals surface area contributed by atoms with Gasteiger partial charge in [-0.15, -0.1) is 0 Å². The molecule has 0 saturated heterocycles. The summed E-state index contributed by atoms with van der Waals surface area (Å²) in [6.07, 6.45) is 1.17. The van der Waals surface area contributed by atoms with Gasteiger partial charge in [-0.05, 0) is 19.2 Å². The molecule has 0 unspecified atom stereocenters. The Morgan fingerprint density at radius 1 is 1.32 bits per heavy atom. The van der Waals surface area contributed by atoms with Crippen molar-refractivity contribution in [3.8, 4) is 0 Å². The SMILES string of the molecule is C[Si](C)(Cn1ccccc1=O)OS(=O)(=O)C(F)(F)F. The Morgan fingerprint density at radius 2 is 1.89 bits per heavy atom. The van der Waals surface area contributed by atoms with Crippen LogP contribution in [0.4, 0.5) is 13.2 Å². The second kappa shape index (κ2) is 5.10. The van der Waals surface area contributed by atoms with Crippen LogP contribution in [0.25, 0.3) is 0 Å². The Balaban J connectivity index is 2.96. The quantitative estimate of drug-likeness (QED) is 0.623. The molecule has 0 spiro atoms. The zero-order valence-electron chi connectivity index (χ0n) is 10.1. The number of hydrogen-bond donors (Lipinski definition) is 0. The van der Waals surface area contributed by atoms with Crippen LogP contribution >= 0.6 is 0 Å². The molecule has 0 fully saturated rings. The Labute approximate surface area is 108 Å². The van der Waals surface area contributed by atoms with Crippen LogP contribution in [0.5, 0.6) is 0 Å². The van der Waals surface area contributed by atoms with E-state index in [1.165, 1.54) is 37.5 Å². The van der Waals surface area contributed by atoms with Crippen LogP contribution in [0.3, 0.4) is 0 Å². The van der Waals surface area contributed by atoms with E-state index in [9.17, 15) is 26.4 Å². The second-order valence-corrected chi connectivity index (χ2v) is 10.3. The predicted molar refractivity (Wildman–Crippen MR) is 64.2 cm³/mol. The zero-order chi connectivity index (χ0) is 14.9. The molecule has 10 heteroatoms. The van der Waals surface area contributed by atoms with Gasteiger partial charge in [0.05, 0.1) is 0 Å². The summed E-state index contributed by atoms with van der Waals surface area (Å²) in [5.41, 5.74) is -5.89. The summed E-state index contributed by atoms with van der Waals surface area (Å²) in [7, 11) is -8.91. The van der Waals surface area contributed by atoms with Gasteiger partial charge in [0.25, 0.3) is 0 Å². The van der Waals surface area contributed by atoms with Gasteiger partial charge >= 0.3 is 15.6 Å². The van der Waals surface area contributed by atoms with Crippen LogP contribution in [-0.2, 0) is 20.2 Å². The van der Waals surface area contributed by atoms with Gasteiger partial charge in [0.15, 0.2) is 0 Å². The van der Waals surface area contributed by atoms with Crippen LogP contribution in [0.1, 0.15) is 0 Å². The fourth-order valence-corrected chi connectivity index (χ4v) is 5.42. The van der Waals surface area contributed by atoms with E-state index in [1.54, 1.807) is 0 Å². The van der Waals surface area contributed by atoms with Crippen LogP contribution in [0, 0.1) is 0 Å². The molecule has 1 rings (SSSR count). The van der Waals surface area contributed by atoms with E-state index in [-0.39, 0.29) is 6.17 Å². The van der Waals surface area contributed by atoms with Crippen molar-refractivity contribution in [3.05, 3.63) is 34.7 Å². The number of alkyl halides is 3. The summed E-state index contributed by atoms with van der Waals surface area (Å²) in [5.74, 6) is 0. The van der Waals surface area contributed by atoms with E-state index < -0.39 is 29.5 Å². The van der Waals surface area contributed by atoms with Crippen molar-refractivity contribution in [1.29, 1.82) is 0 Å².